The molecule has 1 aromatic carbocycles. The van der Waals surface area contributed by atoms with Crippen LogP contribution in [0.15, 0.2) is 36.5 Å². The first-order valence-electron chi connectivity index (χ1n) is 6.84. The van der Waals surface area contributed by atoms with E-state index in [1.165, 1.54) is 0 Å². The van der Waals surface area contributed by atoms with Gasteiger partial charge in [0.1, 0.15) is 0 Å². The quantitative estimate of drug-likeness (QED) is 0.901. The van der Waals surface area contributed by atoms with E-state index in [-0.39, 0.29) is 18.3 Å². The van der Waals surface area contributed by atoms with Crippen molar-refractivity contribution >= 4 is 18.3 Å². The number of nitrogens with one attached hydrogen (secondary N) is 2. The second-order valence-corrected chi connectivity index (χ2v) is 5.14. The lowest BCUT2D eigenvalue weighted by Crippen LogP contribution is -2.48. The fraction of sp³-hybridized carbons (Fsp3) is 0.333. The summed E-state index contributed by atoms with van der Waals surface area (Å²) in [7, 11) is 0. The van der Waals surface area contributed by atoms with Crippen molar-refractivity contribution in [1.82, 2.24) is 20.4 Å². The zero-order chi connectivity index (χ0) is 13.9. The molecule has 21 heavy (non-hydrogen) atoms. The summed E-state index contributed by atoms with van der Waals surface area (Å²) in [4.78, 5) is 12.2. The summed E-state index contributed by atoms with van der Waals surface area (Å²) < 4.78 is 1.75. The van der Waals surface area contributed by atoms with Crippen LogP contribution in [0.3, 0.4) is 0 Å². The van der Waals surface area contributed by atoms with E-state index >= 15 is 0 Å². The summed E-state index contributed by atoms with van der Waals surface area (Å²) in [5, 5.41) is 10.6. The van der Waals surface area contributed by atoms with Gasteiger partial charge in [-0.2, -0.15) is 5.10 Å². The van der Waals surface area contributed by atoms with Gasteiger partial charge in [-0.25, -0.2) is 4.68 Å². The highest BCUT2D eigenvalue weighted by molar-refractivity contribution is 5.95. The lowest BCUT2D eigenvalue weighted by molar-refractivity contribution is 0.0941. The normalized spacial score (nSPS) is 14.1. The van der Waals surface area contributed by atoms with Gasteiger partial charge in [-0.05, 0) is 19.1 Å². The maximum absolute atomic E-state index is 12.2. The molecule has 2 N–H and O–H groups in total. The lowest BCUT2D eigenvalue weighted by Gasteiger charge is -2.26. The molecule has 5 nitrogen and oxygen atoms in total. The number of aromatic nitrogens is 2. The van der Waals surface area contributed by atoms with Crippen LogP contribution in [0, 0.1) is 12.8 Å². The molecule has 6 heteroatoms. The number of aryl methyl sites for hydroxylation is 1. The van der Waals surface area contributed by atoms with E-state index in [0.29, 0.717) is 11.5 Å². The second-order valence-electron chi connectivity index (χ2n) is 5.14. The molecule has 0 spiro atoms. The first kappa shape index (κ1) is 15.5. The van der Waals surface area contributed by atoms with Crippen LogP contribution in [0.2, 0.25) is 0 Å². The number of rotatable bonds is 4. The third-order valence-corrected chi connectivity index (χ3v) is 3.58. The molecule has 0 radical (unpaired) electrons. The zero-order valence-electron chi connectivity index (χ0n) is 11.9. The van der Waals surface area contributed by atoms with Gasteiger partial charge in [0.05, 0.1) is 16.9 Å². The number of halogens is 1. The average Bonchev–Trinajstić information content (AvgIpc) is 2.80. The Hall–Kier alpha value is -1.85. The van der Waals surface area contributed by atoms with Crippen molar-refractivity contribution in [2.45, 2.75) is 6.92 Å². The molecule has 1 amide bonds. The minimum absolute atomic E-state index is 0. The van der Waals surface area contributed by atoms with Crippen LogP contribution in [-0.2, 0) is 0 Å². The van der Waals surface area contributed by atoms with Crippen molar-refractivity contribution in [2.75, 3.05) is 19.6 Å². The van der Waals surface area contributed by atoms with Crippen molar-refractivity contribution in [3.05, 3.63) is 47.8 Å². The molecule has 3 rings (SSSR count). The van der Waals surface area contributed by atoms with Crippen LogP contribution in [0.1, 0.15) is 16.1 Å². The fourth-order valence-electron chi connectivity index (χ4n) is 2.22. The van der Waals surface area contributed by atoms with Crippen molar-refractivity contribution in [3.8, 4) is 5.69 Å². The van der Waals surface area contributed by atoms with E-state index in [1.54, 1.807) is 10.9 Å². The lowest BCUT2D eigenvalue weighted by atomic mass is 10.0. The average molecular weight is 307 g/mol. The van der Waals surface area contributed by atoms with Gasteiger partial charge in [-0.1, -0.05) is 18.2 Å². The van der Waals surface area contributed by atoms with E-state index in [4.69, 9.17) is 0 Å². The molecule has 1 aromatic heterocycles. The molecule has 0 saturated carbocycles. The van der Waals surface area contributed by atoms with Crippen LogP contribution < -0.4 is 10.6 Å². The first-order valence-corrected chi connectivity index (χ1v) is 6.84. The van der Waals surface area contributed by atoms with Crippen molar-refractivity contribution in [2.24, 2.45) is 5.92 Å². The highest BCUT2D eigenvalue weighted by Gasteiger charge is 2.19. The molecule has 1 saturated heterocycles. The highest BCUT2D eigenvalue weighted by Crippen LogP contribution is 2.12. The number of carbonyl (C=O) groups excluding carboxylic acids is 1. The molecule has 2 aromatic rings. The smallest absolute Gasteiger partial charge is 0.254 e. The molecule has 1 aliphatic rings. The SMILES string of the molecule is Cc1nn(-c2ccccc2)cc1C(=O)NCC1CNC1.Cl. The monoisotopic (exact) mass is 306 g/mol. The van der Waals surface area contributed by atoms with Gasteiger partial charge >= 0.3 is 0 Å². The molecule has 0 unspecified atom stereocenters. The number of carbonyl (C=O) groups is 1. The van der Waals surface area contributed by atoms with Gasteiger partial charge in [-0.3, -0.25) is 4.79 Å². The van der Waals surface area contributed by atoms with E-state index in [2.05, 4.69) is 15.7 Å². The Balaban J connectivity index is 0.00000161. The Kier molecular flexibility index (Phi) is 4.98. The standard InChI is InChI=1S/C15H18N4O.ClH/c1-11-14(15(20)17-9-12-7-16-8-12)10-19(18-11)13-5-3-2-4-6-13;/h2-6,10,12,16H,7-9H2,1H3,(H,17,20);1H. The molecular weight excluding hydrogens is 288 g/mol. The summed E-state index contributed by atoms with van der Waals surface area (Å²) >= 11 is 0. The Bertz CT molecular complexity index is 607. The van der Waals surface area contributed by atoms with Gasteiger partial charge in [0.2, 0.25) is 0 Å². The van der Waals surface area contributed by atoms with Gasteiger partial charge in [-0.15, -0.1) is 12.4 Å². The molecule has 0 aliphatic carbocycles. The predicted molar refractivity (Wildman–Crippen MR) is 84.2 cm³/mol. The summed E-state index contributed by atoms with van der Waals surface area (Å²) in [5.41, 5.74) is 2.34. The molecule has 112 valence electrons. The molecule has 0 atom stereocenters. The van der Waals surface area contributed by atoms with Crippen molar-refractivity contribution in [3.63, 3.8) is 0 Å². The van der Waals surface area contributed by atoms with E-state index in [1.807, 2.05) is 37.3 Å². The summed E-state index contributed by atoms with van der Waals surface area (Å²) in [5.74, 6) is 0.514. The van der Waals surface area contributed by atoms with Gasteiger partial charge in [0, 0.05) is 31.7 Å². The molecular formula is C15H19ClN4O. The van der Waals surface area contributed by atoms with Crippen molar-refractivity contribution < 1.29 is 4.79 Å². The van der Waals surface area contributed by atoms with Crippen LogP contribution >= 0.6 is 12.4 Å². The highest BCUT2D eigenvalue weighted by atomic mass is 35.5. The van der Waals surface area contributed by atoms with Gasteiger partial charge in [0.15, 0.2) is 0 Å². The number of hydrogen-bond acceptors (Lipinski definition) is 3. The fourth-order valence-corrected chi connectivity index (χ4v) is 2.22. The molecule has 1 fully saturated rings. The van der Waals surface area contributed by atoms with E-state index < -0.39 is 0 Å². The zero-order valence-corrected chi connectivity index (χ0v) is 12.7. The Labute approximate surface area is 130 Å². The third kappa shape index (κ3) is 3.43. The Morgan fingerprint density at radius 1 is 1.38 bits per heavy atom. The summed E-state index contributed by atoms with van der Waals surface area (Å²) in [6.45, 7) is 4.56. The van der Waals surface area contributed by atoms with Crippen LogP contribution in [0.5, 0.6) is 0 Å². The van der Waals surface area contributed by atoms with Crippen LogP contribution in [0.4, 0.5) is 0 Å². The number of nitrogens with zero attached hydrogens (tertiary/aromatic N) is 2. The van der Waals surface area contributed by atoms with E-state index in [0.717, 1.165) is 31.0 Å². The van der Waals surface area contributed by atoms with Gasteiger partial charge in [0.25, 0.3) is 5.91 Å². The minimum Gasteiger partial charge on any atom is -0.352 e. The number of hydrogen-bond donors (Lipinski definition) is 2. The van der Waals surface area contributed by atoms with Gasteiger partial charge < -0.3 is 10.6 Å². The Morgan fingerprint density at radius 3 is 2.71 bits per heavy atom. The molecule has 2 heterocycles. The number of benzene rings is 1. The third-order valence-electron chi connectivity index (χ3n) is 3.58. The second kappa shape index (κ2) is 6.74. The maximum Gasteiger partial charge on any atom is 0.254 e. The summed E-state index contributed by atoms with van der Waals surface area (Å²) in [6.07, 6.45) is 1.79. The van der Waals surface area contributed by atoms with Crippen molar-refractivity contribution in [1.29, 1.82) is 0 Å². The largest absolute Gasteiger partial charge is 0.352 e. The Morgan fingerprint density at radius 2 is 2.10 bits per heavy atom. The number of para-hydroxylation sites is 1. The topological polar surface area (TPSA) is 59.0 Å². The molecule has 0 bridgehead atoms. The predicted octanol–water partition coefficient (Wildman–Crippen LogP) is 1.55. The van der Waals surface area contributed by atoms with Crippen LogP contribution in [0.25, 0.3) is 5.69 Å². The minimum atomic E-state index is -0.0448. The van der Waals surface area contributed by atoms with Crippen LogP contribution in [-0.4, -0.2) is 35.3 Å². The number of amides is 1. The van der Waals surface area contributed by atoms with E-state index in [9.17, 15) is 4.79 Å². The maximum atomic E-state index is 12.2. The first-order chi connectivity index (χ1) is 9.74. The summed E-state index contributed by atoms with van der Waals surface area (Å²) in [6, 6.07) is 9.80. The molecule has 1 aliphatic heterocycles.